The third-order valence-corrected chi connectivity index (χ3v) is 4.69. The Morgan fingerprint density at radius 2 is 1.60 bits per heavy atom. The first kappa shape index (κ1) is 21.7. The van der Waals surface area contributed by atoms with E-state index < -0.39 is 27.7 Å². The minimum Gasteiger partial charge on any atom is -0.486 e. The van der Waals surface area contributed by atoms with E-state index in [1.54, 1.807) is 25.7 Å². The molecule has 30 heavy (non-hydrogen) atoms. The van der Waals surface area contributed by atoms with Crippen LogP contribution in [0, 0.1) is 10.1 Å². The summed E-state index contributed by atoms with van der Waals surface area (Å²) < 4.78 is 17.1. The lowest BCUT2D eigenvalue weighted by Gasteiger charge is -2.33. The summed E-state index contributed by atoms with van der Waals surface area (Å²) in [5.74, 6) is -1.08. The molecular formula is C20H26N2O8. The molecule has 1 aromatic rings. The van der Waals surface area contributed by atoms with E-state index >= 15 is 0 Å². The van der Waals surface area contributed by atoms with Crippen molar-refractivity contribution in [3.63, 3.8) is 0 Å². The van der Waals surface area contributed by atoms with Gasteiger partial charge in [0.1, 0.15) is 17.3 Å². The summed E-state index contributed by atoms with van der Waals surface area (Å²) in [6, 6.07) is 2.27. The van der Waals surface area contributed by atoms with E-state index in [1.807, 2.05) is 0 Å². The summed E-state index contributed by atoms with van der Waals surface area (Å²) in [4.78, 5) is 35.8. The molecule has 1 saturated carbocycles. The number of ether oxygens (including phenoxy) is 3. The molecule has 1 amide bonds. The summed E-state index contributed by atoms with van der Waals surface area (Å²) in [6.07, 6.45) is 1.99. The molecule has 1 aromatic carbocycles. The summed E-state index contributed by atoms with van der Waals surface area (Å²) >= 11 is 0. The molecule has 0 bridgehead atoms. The van der Waals surface area contributed by atoms with E-state index in [0.29, 0.717) is 25.9 Å². The minimum atomic E-state index is -1.41. The number of likely N-dealkylation sites (tertiary alicyclic amines) is 1. The van der Waals surface area contributed by atoms with Gasteiger partial charge in [0, 0.05) is 32.0 Å². The van der Waals surface area contributed by atoms with E-state index in [2.05, 4.69) is 0 Å². The van der Waals surface area contributed by atoms with Gasteiger partial charge in [-0.15, -0.1) is 0 Å². The molecule has 0 spiro atoms. The number of benzene rings is 1. The van der Waals surface area contributed by atoms with Gasteiger partial charge in [-0.2, -0.15) is 0 Å². The average molecular weight is 422 g/mol. The van der Waals surface area contributed by atoms with Crippen LogP contribution in [0.3, 0.4) is 0 Å². The van der Waals surface area contributed by atoms with Crippen molar-refractivity contribution in [2.75, 3.05) is 13.1 Å². The Morgan fingerprint density at radius 3 is 2.07 bits per heavy atom. The highest BCUT2D eigenvalue weighted by atomic mass is 16.6. The number of nitrogens with zero attached hydrogens (tertiary/aromatic N) is 2. The fourth-order valence-electron chi connectivity index (χ4n) is 3.08. The topological polar surface area (TPSA) is 128 Å². The van der Waals surface area contributed by atoms with Gasteiger partial charge in [0.05, 0.1) is 17.1 Å². The smallest absolute Gasteiger partial charge is 0.410 e. The van der Waals surface area contributed by atoms with Crippen LogP contribution in [0.25, 0.3) is 0 Å². The van der Waals surface area contributed by atoms with Crippen LogP contribution in [0.2, 0.25) is 0 Å². The van der Waals surface area contributed by atoms with Gasteiger partial charge < -0.3 is 24.2 Å². The van der Waals surface area contributed by atoms with Crippen LogP contribution in [0.5, 0.6) is 11.5 Å². The van der Waals surface area contributed by atoms with E-state index in [-0.39, 0.29) is 29.8 Å². The van der Waals surface area contributed by atoms with Gasteiger partial charge in [0.15, 0.2) is 11.5 Å². The molecule has 10 heteroatoms. The van der Waals surface area contributed by atoms with Gasteiger partial charge in [0.25, 0.3) is 5.69 Å². The Bertz CT molecular complexity index is 836. The maximum absolute atomic E-state index is 12.2. The van der Waals surface area contributed by atoms with Crippen LogP contribution in [0.1, 0.15) is 56.8 Å². The maximum Gasteiger partial charge on any atom is 0.410 e. The van der Waals surface area contributed by atoms with Crippen molar-refractivity contribution in [2.24, 2.45) is 0 Å². The van der Waals surface area contributed by atoms with Crippen LogP contribution in [0.4, 0.5) is 10.5 Å². The summed E-state index contributed by atoms with van der Waals surface area (Å²) in [5.41, 5.74) is -1.57. The van der Waals surface area contributed by atoms with E-state index in [1.165, 1.54) is 0 Å². The quantitative estimate of drug-likeness (QED) is 0.544. The SMILES string of the molecule is CC(C)(C)OC(=O)N1CCC(Oc2cc(C(=O)O)c([N+](=O)[O-])cc2OC2CC2)CC1. The Hall–Kier alpha value is -3.04. The lowest BCUT2D eigenvalue weighted by Crippen LogP contribution is -2.44. The molecule has 2 fully saturated rings. The van der Waals surface area contributed by atoms with Crippen LogP contribution >= 0.6 is 0 Å². The van der Waals surface area contributed by atoms with Crippen molar-refractivity contribution in [3.05, 3.63) is 27.8 Å². The standard InChI is InChI=1S/C20H26N2O8/c1-20(2,3)30-19(25)21-8-6-13(7-9-21)29-16-10-14(18(23)24)15(22(26)27)11-17(16)28-12-4-5-12/h10-13H,4-9H2,1-3H3,(H,23,24). The van der Waals surface area contributed by atoms with Crippen molar-refractivity contribution in [2.45, 2.75) is 64.3 Å². The molecule has 0 atom stereocenters. The van der Waals surface area contributed by atoms with Gasteiger partial charge in [-0.05, 0) is 33.6 Å². The molecule has 0 radical (unpaired) electrons. The summed E-state index contributed by atoms with van der Waals surface area (Å²) in [5, 5.41) is 20.6. The highest BCUT2D eigenvalue weighted by Gasteiger charge is 2.32. The predicted molar refractivity (Wildman–Crippen MR) is 105 cm³/mol. The number of hydrogen-bond donors (Lipinski definition) is 1. The number of aromatic carboxylic acids is 1. The Kier molecular flexibility index (Phi) is 6.04. The van der Waals surface area contributed by atoms with Gasteiger partial charge >= 0.3 is 12.1 Å². The van der Waals surface area contributed by atoms with Gasteiger partial charge in [-0.3, -0.25) is 10.1 Å². The van der Waals surface area contributed by atoms with E-state index in [9.17, 15) is 24.8 Å². The first-order chi connectivity index (χ1) is 14.0. The lowest BCUT2D eigenvalue weighted by molar-refractivity contribution is -0.385. The number of carbonyl (C=O) groups is 2. The largest absolute Gasteiger partial charge is 0.486 e. The molecule has 1 aliphatic heterocycles. The van der Waals surface area contributed by atoms with Crippen LogP contribution in [0.15, 0.2) is 12.1 Å². The normalized spacial score (nSPS) is 17.4. The van der Waals surface area contributed by atoms with E-state index in [4.69, 9.17) is 14.2 Å². The molecule has 164 valence electrons. The van der Waals surface area contributed by atoms with Gasteiger partial charge in [-0.1, -0.05) is 0 Å². The Balaban J connectivity index is 1.73. The maximum atomic E-state index is 12.2. The number of carboxylic acid groups (broad SMARTS) is 1. The third kappa shape index (κ3) is 5.52. The molecule has 1 heterocycles. The zero-order valence-corrected chi connectivity index (χ0v) is 17.3. The molecule has 1 saturated heterocycles. The predicted octanol–water partition coefficient (Wildman–Crippen LogP) is 3.61. The molecule has 2 aliphatic rings. The van der Waals surface area contributed by atoms with Crippen LogP contribution in [-0.2, 0) is 4.74 Å². The third-order valence-electron chi connectivity index (χ3n) is 4.69. The number of carboxylic acids is 1. The second-order valence-corrected chi connectivity index (χ2v) is 8.48. The van der Waals surface area contributed by atoms with Crippen molar-refractivity contribution in [3.8, 4) is 11.5 Å². The number of carbonyl (C=O) groups excluding carboxylic acids is 1. The zero-order chi connectivity index (χ0) is 22.1. The number of nitro benzene ring substituents is 1. The van der Waals surface area contributed by atoms with Crippen LogP contribution in [-0.4, -0.2) is 57.9 Å². The monoisotopic (exact) mass is 422 g/mol. The fraction of sp³-hybridized carbons (Fsp3) is 0.600. The first-order valence-corrected chi connectivity index (χ1v) is 9.90. The molecule has 10 nitrogen and oxygen atoms in total. The molecule has 0 unspecified atom stereocenters. The summed E-state index contributed by atoms with van der Waals surface area (Å²) in [6.45, 7) is 6.26. The minimum absolute atomic E-state index is 0.0448. The molecule has 0 aromatic heterocycles. The highest BCUT2D eigenvalue weighted by Crippen LogP contribution is 2.39. The average Bonchev–Trinajstić information content (AvgIpc) is 3.45. The zero-order valence-electron chi connectivity index (χ0n) is 17.3. The number of hydrogen-bond acceptors (Lipinski definition) is 7. The van der Waals surface area contributed by atoms with E-state index in [0.717, 1.165) is 25.0 Å². The van der Waals surface area contributed by atoms with Crippen molar-refractivity contribution in [1.82, 2.24) is 4.90 Å². The molecule has 1 aliphatic carbocycles. The van der Waals surface area contributed by atoms with Gasteiger partial charge in [-0.25, -0.2) is 9.59 Å². The van der Waals surface area contributed by atoms with Crippen molar-refractivity contribution in [1.29, 1.82) is 0 Å². The van der Waals surface area contributed by atoms with Crippen LogP contribution < -0.4 is 9.47 Å². The second kappa shape index (κ2) is 8.37. The lowest BCUT2D eigenvalue weighted by atomic mass is 10.1. The molecule has 3 rings (SSSR count). The fourth-order valence-corrected chi connectivity index (χ4v) is 3.08. The number of rotatable bonds is 6. The van der Waals surface area contributed by atoms with Crippen molar-refractivity contribution < 1.29 is 33.8 Å². The Labute approximate surface area is 173 Å². The second-order valence-electron chi connectivity index (χ2n) is 8.48. The number of nitro groups is 1. The number of piperidine rings is 1. The summed E-state index contributed by atoms with van der Waals surface area (Å²) in [7, 11) is 0. The van der Waals surface area contributed by atoms with Gasteiger partial charge in [0.2, 0.25) is 0 Å². The highest BCUT2D eigenvalue weighted by molar-refractivity contribution is 5.93. The number of amides is 1. The molecule has 1 N–H and O–H groups in total. The Morgan fingerprint density at radius 1 is 1.07 bits per heavy atom. The van der Waals surface area contributed by atoms with Crippen molar-refractivity contribution >= 4 is 17.7 Å². The molecular weight excluding hydrogens is 396 g/mol. The first-order valence-electron chi connectivity index (χ1n) is 9.90.